The first kappa shape index (κ1) is 20.3. The number of benzene rings is 1. The summed E-state index contributed by atoms with van der Waals surface area (Å²) in [6.07, 6.45) is 2.20. The van der Waals surface area contributed by atoms with E-state index < -0.39 is 21.5 Å². The summed E-state index contributed by atoms with van der Waals surface area (Å²) in [6.45, 7) is 0.471. The Bertz CT molecular complexity index is 671. The lowest BCUT2D eigenvalue weighted by Gasteiger charge is -2.39. The average molecular weight is 388 g/mol. The summed E-state index contributed by atoms with van der Waals surface area (Å²) in [7, 11) is 0.162. The molecule has 0 spiro atoms. The molecule has 9 nitrogen and oxygen atoms in total. The fourth-order valence-corrected chi connectivity index (χ4v) is 4.59. The molecule has 0 radical (unpaired) electrons. The number of nitrogens with one attached hydrogen (secondary N) is 1. The molecule has 1 aromatic rings. The highest BCUT2D eigenvalue weighted by molar-refractivity contribution is 8.24. The average Bonchev–Trinajstić information content (AvgIpc) is 2.61. The highest BCUT2D eigenvalue weighted by atomic mass is 32.3. The fraction of sp³-hybridized carbons (Fsp3) is 0.562. The molecule has 0 aliphatic carbocycles. The second-order valence-corrected chi connectivity index (χ2v) is 8.61. The SMILES string of the molecule is COC(=O)c1cc(OC)c(NCCC2CCS(O)(O)CC2)c([N+](=O)[O-])c1. The second-order valence-electron chi connectivity index (χ2n) is 6.19. The van der Waals surface area contributed by atoms with Gasteiger partial charge in [-0.05, 0) is 31.2 Å². The van der Waals surface area contributed by atoms with Gasteiger partial charge in [-0.3, -0.25) is 19.2 Å². The van der Waals surface area contributed by atoms with Gasteiger partial charge in [-0.15, -0.1) is 0 Å². The molecule has 1 heterocycles. The summed E-state index contributed by atoms with van der Waals surface area (Å²) in [4.78, 5) is 22.5. The fourth-order valence-electron chi connectivity index (χ4n) is 2.97. The minimum Gasteiger partial charge on any atom is -0.494 e. The summed E-state index contributed by atoms with van der Waals surface area (Å²) in [5.74, 6) is 0.669. The van der Waals surface area contributed by atoms with E-state index in [2.05, 4.69) is 10.1 Å². The van der Waals surface area contributed by atoms with Crippen molar-refractivity contribution in [3.8, 4) is 5.75 Å². The van der Waals surface area contributed by atoms with Gasteiger partial charge in [0, 0.05) is 24.1 Å². The van der Waals surface area contributed by atoms with Gasteiger partial charge in [-0.25, -0.2) is 4.79 Å². The van der Waals surface area contributed by atoms with Gasteiger partial charge >= 0.3 is 5.97 Å². The van der Waals surface area contributed by atoms with Crippen molar-refractivity contribution < 1.29 is 28.3 Å². The van der Waals surface area contributed by atoms with Crippen molar-refractivity contribution in [1.29, 1.82) is 0 Å². The monoisotopic (exact) mass is 388 g/mol. The Morgan fingerprint density at radius 3 is 2.54 bits per heavy atom. The van der Waals surface area contributed by atoms with Crippen molar-refractivity contribution >= 4 is 27.9 Å². The van der Waals surface area contributed by atoms with E-state index in [4.69, 9.17) is 4.74 Å². The Hall–Kier alpha value is -2.04. The molecule has 1 aromatic carbocycles. The second kappa shape index (κ2) is 8.56. The van der Waals surface area contributed by atoms with Gasteiger partial charge < -0.3 is 14.8 Å². The van der Waals surface area contributed by atoms with Crippen molar-refractivity contribution in [3.63, 3.8) is 0 Å². The van der Waals surface area contributed by atoms with E-state index in [1.165, 1.54) is 20.3 Å². The van der Waals surface area contributed by atoms with Crippen LogP contribution in [0.4, 0.5) is 11.4 Å². The van der Waals surface area contributed by atoms with E-state index in [9.17, 15) is 24.0 Å². The number of hydrogen-bond donors (Lipinski definition) is 3. The topological polar surface area (TPSA) is 131 Å². The van der Waals surface area contributed by atoms with E-state index in [1.54, 1.807) is 0 Å². The van der Waals surface area contributed by atoms with E-state index in [1.807, 2.05) is 0 Å². The molecule has 26 heavy (non-hydrogen) atoms. The van der Waals surface area contributed by atoms with Crippen molar-refractivity contribution in [2.45, 2.75) is 19.3 Å². The van der Waals surface area contributed by atoms with Crippen molar-refractivity contribution in [1.82, 2.24) is 0 Å². The number of esters is 1. The molecule has 0 unspecified atom stereocenters. The minimum atomic E-state index is -2.41. The quantitative estimate of drug-likeness (QED) is 0.368. The number of nitrogens with zero attached hydrogens (tertiary/aromatic N) is 1. The van der Waals surface area contributed by atoms with Crippen LogP contribution in [0.5, 0.6) is 5.75 Å². The number of hydrogen-bond acceptors (Lipinski definition) is 8. The van der Waals surface area contributed by atoms with Crippen LogP contribution >= 0.6 is 10.6 Å². The van der Waals surface area contributed by atoms with Crippen LogP contribution in [0.25, 0.3) is 0 Å². The maximum atomic E-state index is 11.7. The molecule has 0 aromatic heterocycles. The number of carbonyl (C=O) groups excluding carboxylic acids is 1. The van der Waals surface area contributed by atoms with Crippen LogP contribution in [0.2, 0.25) is 0 Å². The molecule has 1 fully saturated rings. The van der Waals surface area contributed by atoms with Gasteiger partial charge in [0.15, 0.2) is 5.69 Å². The van der Waals surface area contributed by atoms with Crippen LogP contribution in [0.15, 0.2) is 12.1 Å². The molecular weight excluding hydrogens is 364 g/mol. The Morgan fingerprint density at radius 2 is 2.00 bits per heavy atom. The minimum absolute atomic E-state index is 0.0408. The third-order valence-corrected chi connectivity index (χ3v) is 6.26. The van der Waals surface area contributed by atoms with E-state index >= 15 is 0 Å². The molecule has 3 N–H and O–H groups in total. The third kappa shape index (κ3) is 4.99. The number of ether oxygens (including phenoxy) is 2. The van der Waals surface area contributed by atoms with E-state index in [0.717, 1.165) is 25.3 Å². The molecule has 2 rings (SSSR count). The molecular formula is C16H24N2O7S. The largest absolute Gasteiger partial charge is 0.494 e. The van der Waals surface area contributed by atoms with Crippen LogP contribution in [0.1, 0.15) is 29.6 Å². The molecule has 10 heteroatoms. The summed E-state index contributed by atoms with van der Waals surface area (Å²) < 4.78 is 29.1. The van der Waals surface area contributed by atoms with Gasteiger partial charge in [-0.1, -0.05) is 0 Å². The number of nitro groups is 1. The number of rotatable bonds is 7. The third-order valence-electron chi connectivity index (χ3n) is 4.48. The number of anilines is 1. The van der Waals surface area contributed by atoms with Crippen LogP contribution in [-0.2, 0) is 4.74 Å². The van der Waals surface area contributed by atoms with Crippen LogP contribution < -0.4 is 10.1 Å². The Balaban J connectivity index is 2.10. The van der Waals surface area contributed by atoms with Crippen molar-refractivity contribution in [3.05, 3.63) is 27.8 Å². The van der Waals surface area contributed by atoms with Gasteiger partial charge in [-0.2, -0.15) is 10.6 Å². The van der Waals surface area contributed by atoms with Gasteiger partial charge in [0.05, 0.1) is 24.7 Å². The molecule has 0 bridgehead atoms. The van der Waals surface area contributed by atoms with Gasteiger partial charge in [0.2, 0.25) is 0 Å². The standard InChI is InChI=1S/C16H24N2O7S/c1-24-14-10-12(16(19)25-2)9-13(18(20)21)15(14)17-6-3-11-4-7-26(22,23)8-5-11/h9-11,17,22-23H,3-8H2,1-2H3. The zero-order valence-electron chi connectivity index (χ0n) is 14.8. The Morgan fingerprint density at radius 1 is 1.35 bits per heavy atom. The molecule has 0 atom stereocenters. The van der Waals surface area contributed by atoms with Crippen LogP contribution in [0, 0.1) is 16.0 Å². The van der Waals surface area contributed by atoms with E-state index in [0.29, 0.717) is 24.0 Å². The first-order chi connectivity index (χ1) is 12.3. The number of nitro benzene ring substituents is 1. The lowest BCUT2D eigenvalue weighted by atomic mass is 9.99. The highest BCUT2D eigenvalue weighted by Gasteiger charge is 2.26. The molecule has 0 saturated carbocycles. The summed E-state index contributed by atoms with van der Waals surface area (Å²) in [5.41, 5.74) is -0.00749. The molecule has 0 amide bonds. The lowest BCUT2D eigenvalue weighted by Crippen LogP contribution is -2.22. The predicted molar refractivity (Wildman–Crippen MR) is 99.4 cm³/mol. The Labute approximate surface area is 153 Å². The van der Waals surface area contributed by atoms with Crippen molar-refractivity contribution in [2.75, 3.05) is 37.6 Å². The predicted octanol–water partition coefficient (Wildman–Crippen LogP) is 3.35. The number of methoxy groups -OCH3 is 2. The summed E-state index contributed by atoms with van der Waals surface area (Å²) >= 11 is 0. The highest BCUT2D eigenvalue weighted by Crippen LogP contribution is 2.46. The van der Waals surface area contributed by atoms with Gasteiger partial charge in [0.1, 0.15) is 5.75 Å². The maximum Gasteiger partial charge on any atom is 0.338 e. The van der Waals surface area contributed by atoms with Crippen LogP contribution in [-0.4, -0.2) is 52.3 Å². The van der Waals surface area contributed by atoms with Crippen molar-refractivity contribution in [2.24, 2.45) is 5.92 Å². The summed E-state index contributed by atoms with van der Waals surface area (Å²) in [6, 6.07) is 2.56. The lowest BCUT2D eigenvalue weighted by molar-refractivity contribution is -0.384. The first-order valence-corrected chi connectivity index (χ1v) is 10.1. The molecule has 1 saturated heterocycles. The normalized spacial score (nSPS) is 18.0. The Kier molecular flexibility index (Phi) is 6.68. The number of carbonyl (C=O) groups is 1. The smallest absolute Gasteiger partial charge is 0.338 e. The van der Waals surface area contributed by atoms with Crippen LogP contribution in [0.3, 0.4) is 0 Å². The first-order valence-electron chi connectivity index (χ1n) is 8.19. The van der Waals surface area contributed by atoms with Gasteiger partial charge in [0.25, 0.3) is 5.69 Å². The zero-order chi connectivity index (χ0) is 19.3. The van der Waals surface area contributed by atoms with E-state index in [-0.39, 0.29) is 22.7 Å². The zero-order valence-corrected chi connectivity index (χ0v) is 15.6. The molecule has 146 valence electrons. The summed E-state index contributed by atoms with van der Waals surface area (Å²) in [5, 5.41) is 14.4. The maximum absolute atomic E-state index is 11.7. The molecule has 1 aliphatic heterocycles. The molecule has 1 aliphatic rings.